The molecule has 4 aliphatic rings. The molecule has 2 aromatic rings. The van der Waals surface area contributed by atoms with E-state index in [-0.39, 0.29) is 29.5 Å². The summed E-state index contributed by atoms with van der Waals surface area (Å²) in [5, 5.41) is 14.4. The Labute approximate surface area is 300 Å². The second-order valence-electron chi connectivity index (χ2n) is 13.8. The van der Waals surface area contributed by atoms with Gasteiger partial charge in [-0.05, 0) is 94.1 Å². The highest BCUT2D eigenvalue weighted by Gasteiger charge is 2.64. The van der Waals surface area contributed by atoms with Gasteiger partial charge in [0.1, 0.15) is 18.6 Å². The van der Waals surface area contributed by atoms with Crippen molar-refractivity contribution in [2.75, 3.05) is 71.8 Å². The third-order valence-electron chi connectivity index (χ3n) is 11.4. The lowest BCUT2D eigenvalue weighted by atomic mass is 9.81. The summed E-state index contributed by atoms with van der Waals surface area (Å²) in [6.07, 6.45) is 3.42. The second kappa shape index (κ2) is 14.7. The number of quaternary nitrogens is 1. The fraction of sp³-hybridized carbons (Fsp3) is 0.571. The summed E-state index contributed by atoms with van der Waals surface area (Å²) < 4.78 is 6.91. The Balaban J connectivity index is 1.34. The normalized spacial score (nSPS) is 28.0. The van der Waals surface area contributed by atoms with Crippen LogP contribution in [0.25, 0.3) is 0 Å². The molecular formula is C35H47Br2N6O5+. The van der Waals surface area contributed by atoms with Gasteiger partial charge in [-0.2, -0.15) is 4.79 Å². The number of anilines is 1. The third-order valence-corrected chi connectivity index (χ3v) is 13.3. The molecule has 3 fully saturated rings. The summed E-state index contributed by atoms with van der Waals surface area (Å²) in [5.74, 6) is 0.738. The van der Waals surface area contributed by atoms with Crippen molar-refractivity contribution in [3.05, 3.63) is 56.5 Å². The van der Waals surface area contributed by atoms with Crippen LogP contribution in [-0.4, -0.2) is 132 Å². The van der Waals surface area contributed by atoms with Gasteiger partial charge in [0, 0.05) is 90.9 Å². The van der Waals surface area contributed by atoms with Crippen LogP contribution in [-0.2, 0) is 17.8 Å². The van der Waals surface area contributed by atoms with Crippen molar-refractivity contribution in [1.29, 1.82) is 0 Å². The molecule has 3 amide bonds. The fourth-order valence-corrected chi connectivity index (χ4v) is 9.35. The number of methoxy groups -OCH3 is 1. The Morgan fingerprint density at radius 3 is 2.44 bits per heavy atom. The van der Waals surface area contributed by atoms with E-state index in [9.17, 15) is 19.5 Å². The lowest BCUT2D eigenvalue weighted by Gasteiger charge is -2.59. The Kier molecular flexibility index (Phi) is 10.8. The number of ether oxygens (including phenoxy) is 1. The largest absolute Gasteiger partial charge is 0.515 e. The number of halogens is 2. The van der Waals surface area contributed by atoms with E-state index in [0.717, 1.165) is 76.8 Å². The molecule has 2 aromatic carbocycles. The number of piperazine rings is 1. The zero-order valence-corrected chi connectivity index (χ0v) is 31.0. The number of likely N-dealkylation sites (N-methyl/N-ethyl adjacent to an activating group) is 1. The van der Waals surface area contributed by atoms with E-state index in [4.69, 9.17) is 4.74 Å². The highest BCUT2D eigenvalue weighted by Crippen LogP contribution is 2.46. The number of piperidine rings is 2. The molecule has 0 aromatic heterocycles. The van der Waals surface area contributed by atoms with Gasteiger partial charge in [0.25, 0.3) is 0 Å². The minimum atomic E-state index is -1.04. The molecule has 6 rings (SSSR count). The predicted molar refractivity (Wildman–Crippen MR) is 191 cm³/mol. The van der Waals surface area contributed by atoms with Gasteiger partial charge in [-0.3, -0.25) is 9.80 Å². The minimum Gasteiger partial charge on any atom is -0.497 e. The van der Waals surface area contributed by atoms with Crippen LogP contribution in [0, 0.1) is 0 Å². The molecule has 3 atom stereocenters. The van der Waals surface area contributed by atoms with Crippen LogP contribution in [0.2, 0.25) is 0 Å². The van der Waals surface area contributed by atoms with Crippen LogP contribution in [0.4, 0.5) is 15.3 Å². The lowest BCUT2D eigenvalue weighted by molar-refractivity contribution is -0.942. The van der Waals surface area contributed by atoms with Crippen molar-refractivity contribution in [3.8, 4) is 5.75 Å². The number of hydrogen-bond acceptors (Lipinski definition) is 7. The number of rotatable bonds is 8. The third kappa shape index (κ3) is 6.78. The maximum atomic E-state index is 13.8. The first kappa shape index (κ1) is 35.3. The van der Waals surface area contributed by atoms with Crippen molar-refractivity contribution in [2.24, 2.45) is 0 Å². The van der Waals surface area contributed by atoms with Gasteiger partial charge in [-0.25, -0.2) is 9.28 Å². The first-order chi connectivity index (χ1) is 23.1. The Morgan fingerprint density at radius 1 is 1.02 bits per heavy atom. The topological polar surface area (TPSA) is 106 Å². The molecule has 3 saturated heterocycles. The van der Waals surface area contributed by atoms with Crippen molar-refractivity contribution in [1.82, 2.24) is 19.6 Å². The summed E-state index contributed by atoms with van der Waals surface area (Å²) in [7, 11) is 3.79. The number of urea groups is 1. The van der Waals surface area contributed by atoms with Crippen LogP contribution in [0.1, 0.15) is 43.2 Å². The molecule has 0 radical (unpaired) electrons. The SMILES string of the molecule is COc1ccc2c(c1)CCN(C1CC[N@+](Cc3ccc(Br)c(Br)c3)(C(=O)O)C(CC=O)(N3CCC(N4CCN(C)CC4)CC3)C1)C(=O)N2. The standard InChI is InChI=1S/C35H46Br2N6O5/c1-39-15-17-40(18-16-39)27-8-12-41(13-9-27)35(11-20-44)23-28(42-14-7-26-22-29(48-2)4-6-32(26)38-33(42)45)10-19-43(35,34(46)47)24-25-3-5-30(36)31(37)21-25/h3-6,20-22,27-28H,7-19,23-24H2,1-2H3,(H-,38,45,46,47)/p+1/t28?,35?,43-/m0/s1. The zero-order valence-electron chi connectivity index (χ0n) is 27.9. The molecule has 0 spiro atoms. The van der Waals surface area contributed by atoms with Crippen LogP contribution in [0.5, 0.6) is 5.75 Å². The number of nitrogens with one attached hydrogen (secondary N) is 1. The van der Waals surface area contributed by atoms with E-state index < -0.39 is 11.8 Å². The number of carbonyl (C=O) groups excluding carboxylic acids is 2. The van der Waals surface area contributed by atoms with Crippen molar-refractivity contribution in [3.63, 3.8) is 0 Å². The molecule has 2 unspecified atom stereocenters. The Bertz CT molecular complexity index is 1510. The number of aldehydes is 1. The van der Waals surface area contributed by atoms with Crippen molar-refractivity contribution >= 4 is 56.0 Å². The van der Waals surface area contributed by atoms with Crippen LogP contribution in [0.3, 0.4) is 0 Å². The van der Waals surface area contributed by atoms with E-state index in [1.54, 1.807) is 7.11 Å². The maximum Gasteiger partial charge on any atom is 0.515 e. The van der Waals surface area contributed by atoms with Gasteiger partial charge in [0.2, 0.25) is 0 Å². The van der Waals surface area contributed by atoms with Gasteiger partial charge in [0.15, 0.2) is 5.66 Å². The molecule has 48 heavy (non-hydrogen) atoms. The summed E-state index contributed by atoms with van der Waals surface area (Å²) in [5.41, 5.74) is 1.61. The number of benzene rings is 2. The van der Waals surface area contributed by atoms with E-state index >= 15 is 0 Å². The van der Waals surface area contributed by atoms with Crippen molar-refractivity contribution < 1.29 is 28.7 Å². The summed E-state index contributed by atoms with van der Waals surface area (Å²) in [6, 6.07) is 11.6. The van der Waals surface area contributed by atoms with Crippen LogP contribution < -0.4 is 10.1 Å². The average Bonchev–Trinajstić information content (AvgIpc) is 3.25. The van der Waals surface area contributed by atoms with Crippen LogP contribution >= 0.6 is 31.9 Å². The Morgan fingerprint density at radius 2 is 1.77 bits per heavy atom. The first-order valence-corrected chi connectivity index (χ1v) is 18.6. The number of amides is 3. The van der Waals surface area contributed by atoms with Crippen molar-refractivity contribution in [2.45, 2.75) is 62.8 Å². The minimum absolute atomic E-state index is 0.0690. The zero-order chi connectivity index (χ0) is 34.1. The quantitative estimate of drug-likeness (QED) is 0.269. The monoisotopic (exact) mass is 789 g/mol. The number of nitrogens with zero attached hydrogens (tertiary/aromatic N) is 5. The van der Waals surface area contributed by atoms with Gasteiger partial charge in [-0.1, -0.05) is 6.07 Å². The van der Waals surface area contributed by atoms with Gasteiger partial charge in [-0.15, -0.1) is 0 Å². The smallest absolute Gasteiger partial charge is 0.497 e. The molecule has 4 heterocycles. The number of hydrogen-bond donors (Lipinski definition) is 2. The Hall–Kier alpha value is -2.55. The summed E-state index contributed by atoms with van der Waals surface area (Å²) in [6.45, 7) is 6.59. The van der Waals surface area contributed by atoms with E-state index in [1.807, 2.05) is 41.3 Å². The second-order valence-corrected chi connectivity index (χ2v) is 15.5. The number of likely N-dealkylation sites (tertiary alicyclic amines) is 2. The summed E-state index contributed by atoms with van der Waals surface area (Å²) in [4.78, 5) is 49.6. The molecule has 0 bridgehead atoms. The molecular weight excluding hydrogens is 744 g/mol. The molecule has 13 heteroatoms. The van der Waals surface area contributed by atoms with Crippen LogP contribution in [0.15, 0.2) is 45.3 Å². The summed E-state index contributed by atoms with van der Waals surface area (Å²) >= 11 is 7.16. The molecule has 4 aliphatic heterocycles. The van der Waals surface area contributed by atoms with E-state index in [2.05, 4.69) is 58.9 Å². The molecule has 0 aliphatic carbocycles. The number of carboxylic acid groups (broad SMARTS) is 1. The van der Waals surface area contributed by atoms with Gasteiger partial charge < -0.3 is 29.8 Å². The molecule has 2 N–H and O–H groups in total. The average molecular weight is 792 g/mol. The van der Waals surface area contributed by atoms with E-state index in [1.165, 1.54) is 0 Å². The molecule has 11 nitrogen and oxygen atoms in total. The molecule has 0 saturated carbocycles. The predicted octanol–water partition coefficient (Wildman–Crippen LogP) is 5.46. The highest BCUT2D eigenvalue weighted by molar-refractivity contribution is 9.13. The van der Waals surface area contributed by atoms with Gasteiger partial charge >= 0.3 is 12.1 Å². The fourth-order valence-electron chi connectivity index (χ4n) is 8.67. The maximum absolute atomic E-state index is 13.8. The number of fused-ring (bicyclic) bond motifs is 1. The lowest BCUT2D eigenvalue weighted by Crippen LogP contribution is -2.78. The van der Waals surface area contributed by atoms with Gasteiger partial charge in [0.05, 0.1) is 20.1 Å². The number of carbonyl (C=O) groups is 3. The van der Waals surface area contributed by atoms with E-state index in [0.29, 0.717) is 51.5 Å². The first-order valence-electron chi connectivity index (χ1n) is 17.0. The highest BCUT2D eigenvalue weighted by atomic mass is 79.9. The molecule has 260 valence electrons.